The van der Waals surface area contributed by atoms with Gasteiger partial charge in [-0.2, -0.15) is 0 Å². The Hall–Kier alpha value is -0.390. The zero-order valence-corrected chi connectivity index (χ0v) is 9.46. The first-order valence-electron chi connectivity index (χ1n) is 4.81. The van der Waals surface area contributed by atoms with Crippen LogP contribution in [0, 0.1) is 5.92 Å². The Morgan fingerprint density at radius 2 is 2.29 bits per heavy atom. The van der Waals surface area contributed by atoms with Crippen molar-refractivity contribution in [3.05, 3.63) is 16.6 Å². The molecule has 1 saturated heterocycles. The Labute approximate surface area is 91.4 Å². The van der Waals surface area contributed by atoms with Crippen LogP contribution in [-0.2, 0) is 4.74 Å². The van der Waals surface area contributed by atoms with Crippen molar-refractivity contribution >= 4 is 15.9 Å². The van der Waals surface area contributed by atoms with E-state index in [0.717, 1.165) is 36.5 Å². The molecule has 2 rings (SSSR count). The number of aromatic nitrogens is 2. The maximum Gasteiger partial charge on any atom is 0.124 e. The van der Waals surface area contributed by atoms with Gasteiger partial charge < -0.3 is 15.5 Å². The Balaban J connectivity index is 2.03. The van der Waals surface area contributed by atoms with E-state index >= 15 is 0 Å². The van der Waals surface area contributed by atoms with Crippen LogP contribution >= 0.6 is 15.9 Å². The molecule has 0 bridgehead atoms. The lowest BCUT2D eigenvalue weighted by atomic mass is 9.92. The van der Waals surface area contributed by atoms with Crippen LogP contribution in [0.15, 0.2) is 10.8 Å². The van der Waals surface area contributed by atoms with Crippen LogP contribution < -0.4 is 5.73 Å². The highest BCUT2D eigenvalue weighted by molar-refractivity contribution is 9.10. The Morgan fingerprint density at radius 3 is 2.86 bits per heavy atom. The quantitative estimate of drug-likeness (QED) is 0.848. The summed E-state index contributed by atoms with van der Waals surface area (Å²) < 4.78 is 6.18. The Morgan fingerprint density at radius 1 is 1.57 bits per heavy atom. The third-order valence-electron chi connectivity index (χ3n) is 2.65. The fraction of sp³-hybridized carbons (Fsp3) is 0.667. The van der Waals surface area contributed by atoms with Gasteiger partial charge in [0.15, 0.2) is 0 Å². The van der Waals surface area contributed by atoms with Crippen LogP contribution in [0.25, 0.3) is 0 Å². The number of hydrogen-bond donors (Lipinski definition) is 2. The van der Waals surface area contributed by atoms with E-state index in [4.69, 9.17) is 10.5 Å². The van der Waals surface area contributed by atoms with Crippen LogP contribution in [0.2, 0.25) is 0 Å². The number of nitrogens with two attached hydrogens (primary N) is 1. The largest absolute Gasteiger partial charge is 0.381 e. The first kappa shape index (κ1) is 10.1. The number of aromatic amines is 1. The van der Waals surface area contributed by atoms with E-state index in [-0.39, 0.29) is 6.04 Å². The van der Waals surface area contributed by atoms with Crippen molar-refractivity contribution in [3.63, 3.8) is 0 Å². The van der Waals surface area contributed by atoms with Gasteiger partial charge in [-0.15, -0.1) is 0 Å². The lowest BCUT2D eigenvalue weighted by Crippen LogP contribution is -2.28. The molecule has 0 saturated carbocycles. The summed E-state index contributed by atoms with van der Waals surface area (Å²) >= 11 is 3.33. The number of nitrogens with zero attached hydrogens (tertiary/aromatic N) is 1. The third-order valence-corrected chi connectivity index (χ3v) is 3.06. The van der Waals surface area contributed by atoms with E-state index in [1.165, 1.54) is 0 Å². The molecule has 1 unspecified atom stereocenters. The minimum Gasteiger partial charge on any atom is -0.381 e. The molecule has 5 heteroatoms. The van der Waals surface area contributed by atoms with Crippen molar-refractivity contribution in [1.29, 1.82) is 0 Å². The number of imidazole rings is 1. The number of halogens is 1. The molecule has 4 nitrogen and oxygen atoms in total. The van der Waals surface area contributed by atoms with Crippen molar-refractivity contribution in [3.8, 4) is 0 Å². The second kappa shape index (κ2) is 4.42. The molecule has 1 aromatic heterocycles. The molecule has 0 spiro atoms. The molecular weight excluding hydrogens is 246 g/mol. The maximum atomic E-state index is 6.11. The van der Waals surface area contributed by atoms with Crippen LogP contribution in [-0.4, -0.2) is 23.2 Å². The molecule has 3 N–H and O–H groups in total. The molecule has 14 heavy (non-hydrogen) atoms. The summed E-state index contributed by atoms with van der Waals surface area (Å²) in [6.45, 7) is 1.64. The summed E-state index contributed by atoms with van der Waals surface area (Å²) in [7, 11) is 0. The van der Waals surface area contributed by atoms with Gasteiger partial charge in [-0.1, -0.05) is 0 Å². The average molecular weight is 260 g/mol. The zero-order valence-electron chi connectivity index (χ0n) is 7.87. The van der Waals surface area contributed by atoms with E-state index in [1.54, 1.807) is 6.20 Å². The van der Waals surface area contributed by atoms with Crippen molar-refractivity contribution in [2.75, 3.05) is 13.2 Å². The van der Waals surface area contributed by atoms with Gasteiger partial charge in [0.05, 0.1) is 12.2 Å². The third kappa shape index (κ3) is 2.16. The highest BCUT2D eigenvalue weighted by Gasteiger charge is 2.23. The number of rotatable bonds is 2. The number of nitrogens with one attached hydrogen (secondary N) is 1. The summed E-state index contributed by atoms with van der Waals surface area (Å²) in [6.07, 6.45) is 3.80. The summed E-state index contributed by atoms with van der Waals surface area (Å²) in [5.41, 5.74) is 6.11. The van der Waals surface area contributed by atoms with Crippen molar-refractivity contribution in [1.82, 2.24) is 9.97 Å². The lowest BCUT2D eigenvalue weighted by molar-refractivity contribution is 0.0575. The van der Waals surface area contributed by atoms with E-state index < -0.39 is 0 Å². The topological polar surface area (TPSA) is 63.9 Å². The fourth-order valence-electron chi connectivity index (χ4n) is 1.78. The van der Waals surface area contributed by atoms with Gasteiger partial charge in [0.2, 0.25) is 0 Å². The molecular formula is C9H14BrN3O. The average Bonchev–Trinajstić information content (AvgIpc) is 2.65. The molecule has 0 aromatic carbocycles. The minimum atomic E-state index is 0.00481. The van der Waals surface area contributed by atoms with Gasteiger partial charge in [0.25, 0.3) is 0 Å². The Kier molecular flexibility index (Phi) is 3.20. The van der Waals surface area contributed by atoms with E-state index in [1.807, 2.05) is 0 Å². The van der Waals surface area contributed by atoms with Crippen molar-refractivity contribution in [2.24, 2.45) is 11.7 Å². The van der Waals surface area contributed by atoms with Crippen molar-refractivity contribution in [2.45, 2.75) is 18.9 Å². The fourth-order valence-corrected chi connectivity index (χ4v) is 2.09. The molecule has 0 aliphatic carbocycles. The SMILES string of the molecule is NC(c1ncc(Br)[nH]1)C1CCOCC1. The predicted molar refractivity (Wildman–Crippen MR) is 56.8 cm³/mol. The van der Waals surface area contributed by atoms with Crippen molar-refractivity contribution < 1.29 is 4.74 Å². The Bertz CT molecular complexity index is 296. The van der Waals surface area contributed by atoms with Crippen LogP contribution in [0.4, 0.5) is 0 Å². The zero-order chi connectivity index (χ0) is 9.97. The second-order valence-electron chi connectivity index (χ2n) is 3.59. The molecule has 0 amide bonds. The first-order chi connectivity index (χ1) is 6.77. The van der Waals surface area contributed by atoms with Gasteiger partial charge in [-0.3, -0.25) is 0 Å². The molecule has 1 atom stereocenters. The van der Waals surface area contributed by atoms with Gasteiger partial charge >= 0.3 is 0 Å². The first-order valence-corrected chi connectivity index (χ1v) is 5.60. The summed E-state index contributed by atoms with van der Waals surface area (Å²) in [5.74, 6) is 1.35. The maximum absolute atomic E-state index is 6.11. The van der Waals surface area contributed by atoms with Crippen LogP contribution in [0.5, 0.6) is 0 Å². The van der Waals surface area contributed by atoms with E-state index in [2.05, 4.69) is 25.9 Å². The van der Waals surface area contributed by atoms with Gasteiger partial charge in [-0.25, -0.2) is 4.98 Å². The number of ether oxygens (including phenoxy) is 1. The molecule has 1 fully saturated rings. The molecule has 0 radical (unpaired) electrons. The molecule has 1 aliphatic rings. The second-order valence-corrected chi connectivity index (χ2v) is 4.45. The molecule has 78 valence electrons. The lowest BCUT2D eigenvalue weighted by Gasteiger charge is -2.26. The van der Waals surface area contributed by atoms with Gasteiger partial charge in [-0.05, 0) is 34.7 Å². The van der Waals surface area contributed by atoms with E-state index in [9.17, 15) is 0 Å². The summed E-state index contributed by atoms with van der Waals surface area (Å²) in [6, 6.07) is 0.00481. The highest BCUT2D eigenvalue weighted by atomic mass is 79.9. The molecule has 1 aliphatic heterocycles. The van der Waals surface area contributed by atoms with Gasteiger partial charge in [0.1, 0.15) is 10.4 Å². The van der Waals surface area contributed by atoms with Crippen LogP contribution in [0.3, 0.4) is 0 Å². The smallest absolute Gasteiger partial charge is 0.124 e. The standard InChI is InChI=1S/C9H14BrN3O/c10-7-5-12-9(13-7)8(11)6-1-3-14-4-2-6/h5-6,8H,1-4,11H2,(H,12,13). The predicted octanol–water partition coefficient (Wildman–Crippen LogP) is 1.60. The summed E-state index contributed by atoms with van der Waals surface area (Å²) in [4.78, 5) is 7.34. The molecule has 1 aromatic rings. The van der Waals surface area contributed by atoms with Crippen LogP contribution in [0.1, 0.15) is 24.7 Å². The molecule has 2 heterocycles. The normalized spacial score (nSPS) is 21.0. The highest BCUT2D eigenvalue weighted by Crippen LogP contribution is 2.26. The minimum absolute atomic E-state index is 0.00481. The number of H-pyrrole nitrogens is 1. The number of hydrogen-bond acceptors (Lipinski definition) is 3. The summed E-state index contributed by atoms with van der Waals surface area (Å²) in [5, 5.41) is 0. The van der Waals surface area contributed by atoms with E-state index in [0.29, 0.717) is 5.92 Å². The monoisotopic (exact) mass is 259 g/mol. The van der Waals surface area contributed by atoms with Gasteiger partial charge in [0, 0.05) is 13.2 Å².